The lowest BCUT2D eigenvalue weighted by atomic mass is 10.1. The highest BCUT2D eigenvalue weighted by atomic mass is 16.5. The second kappa shape index (κ2) is 5.41. The number of aryl methyl sites for hydroxylation is 1. The van der Waals surface area contributed by atoms with Crippen molar-refractivity contribution in [3.05, 3.63) is 42.5 Å². The number of hydrogen-bond donors (Lipinski definition) is 0. The highest BCUT2D eigenvalue weighted by Gasteiger charge is 1.99. The largest absolute Gasteiger partial charge is 0.496 e. The van der Waals surface area contributed by atoms with E-state index in [0.29, 0.717) is 0 Å². The number of para-hydroxylation sites is 1. The molecule has 0 heterocycles. The lowest BCUT2D eigenvalue weighted by molar-refractivity contribution is 0.409. The van der Waals surface area contributed by atoms with Gasteiger partial charge in [-0.2, -0.15) is 0 Å². The summed E-state index contributed by atoms with van der Waals surface area (Å²) in [6.07, 6.45) is 5.23. The number of ether oxygens (including phenoxy) is 1. The normalized spacial score (nSPS) is 9.62. The molecule has 0 saturated heterocycles. The van der Waals surface area contributed by atoms with Crippen molar-refractivity contribution in [3.63, 3.8) is 0 Å². The van der Waals surface area contributed by atoms with Crippen LogP contribution in [0.3, 0.4) is 0 Å². The molecule has 0 saturated carbocycles. The lowest BCUT2D eigenvalue weighted by Gasteiger charge is -2.06. The molecule has 1 aromatic rings. The van der Waals surface area contributed by atoms with Crippen molar-refractivity contribution < 1.29 is 4.74 Å². The van der Waals surface area contributed by atoms with E-state index < -0.39 is 0 Å². The maximum atomic E-state index is 5.25. The van der Waals surface area contributed by atoms with Crippen LogP contribution < -0.4 is 4.74 Å². The molecule has 0 amide bonds. The third-order valence-corrected chi connectivity index (χ3v) is 2.05. The Labute approximate surface area is 80.0 Å². The van der Waals surface area contributed by atoms with Crippen LogP contribution >= 0.6 is 0 Å². The summed E-state index contributed by atoms with van der Waals surface area (Å²) in [5.74, 6) is 0.992. The van der Waals surface area contributed by atoms with E-state index in [4.69, 9.17) is 4.74 Å². The van der Waals surface area contributed by atoms with Crippen LogP contribution in [0.1, 0.15) is 18.4 Å². The summed E-state index contributed by atoms with van der Waals surface area (Å²) in [4.78, 5) is 0. The van der Waals surface area contributed by atoms with E-state index in [9.17, 15) is 0 Å². The van der Waals surface area contributed by atoms with Gasteiger partial charge in [-0.25, -0.2) is 0 Å². The van der Waals surface area contributed by atoms with Crippen molar-refractivity contribution in [2.24, 2.45) is 0 Å². The Hall–Kier alpha value is -1.24. The molecule has 1 heteroatoms. The summed E-state index contributed by atoms with van der Waals surface area (Å²) in [6.45, 7) is 3.70. The second-order valence-corrected chi connectivity index (χ2v) is 2.99. The van der Waals surface area contributed by atoms with E-state index in [2.05, 4.69) is 12.6 Å². The van der Waals surface area contributed by atoms with E-state index in [0.717, 1.165) is 25.0 Å². The van der Waals surface area contributed by atoms with E-state index in [1.54, 1.807) is 7.11 Å². The molecule has 0 N–H and O–H groups in total. The van der Waals surface area contributed by atoms with E-state index in [-0.39, 0.29) is 0 Å². The van der Waals surface area contributed by atoms with Gasteiger partial charge < -0.3 is 4.74 Å². The van der Waals surface area contributed by atoms with E-state index >= 15 is 0 Å². The summed E-state index contributed by atoms with van der Waals surface area (Å²) < 4.78 is 5.25. The van der Waals surface area contributed by atoms with Gasteiger partial charge in [0.1, 0.15) is 5.75 Å². The molecule has 1 nitrogen and oxygen atoms in total. The molecule has 13 heavy (non-hydrogen) atoms. The SMILES string of the molecule is C=CCCCc1ccccc1OC. The molecule has 1 rings (SSSR count). The van der Waals surface area contributed by atoms with Crippen LogP contribution in [0.2, 0.25) is 0 Å². The molecule has 0 aliphatic carbocycles. The molecular formula is C12H16O. The fourth-order valence-corrected chi connectivity index (χ4v) is 1.35. The topological polar surface area (TPSA) is 9.23 Å². The third-order valence-electron chi connectivity index (χ3n) is 2.05. The summed E-state index contributed by atoms with van der Waals surface area (Å²) in [5.41, 5.74) is 1.28. The highest BCUT2D eigenvalue weighted by Crippen LogP contribution is 2.19. The lowest BCUT2D eigenvalue weighted by Crippen LogP contribution is -1.91. The Morgan fingerprint density at radius 2 is 2.15 bits per heavy atom. The Bertz CT molecular complexity index is 266. The van der Waals surface area contributed by atoms with Gasteiger partial charge in [0.15, 0.2) is 0 Å². The van der Waals surface area contributed by atoms with Gasteiger partial charge in [-0.05, 0) is 30.9 Å². The standard InChI is InChI=1S/C12H16O/c1-3-4-5-8-11-9-6-7-10-12(11)13-2/h3,6-7,9-10H,1,4-5,8H2,2H3. The van der Waals surface area contributed by atoms with Crippen molar-refractivity contribution in [3.8, 4) is 5.75 Å². The number of allylic oxidation sites excluding steroid dienone is 1. The van der Waals surface area contributed by atoms with Crippen LogP contribution in [-0.2, 0) is 6.42 Å². The van der Waals surface area contributed by atoms with Gasteiger partial charge in [-0.1, -0.05) is 24.3 Å². The van der Waals surface area contributed by atoms with Crippen LogP contribution in [0.5, 0.6) is 5.75 Å². The van der Waals surface area contributed by atoms with Crippen molar-refractivity contribution in [1.29, 1.82) is 0 Å². The minimum Gasteiger partial charge on any atom is -0.496 e. The number of unbranched alkanes of at least 4 members (excludes halogenated alkanes) is 1. The first-order valence-electron chi connectivity index (χ1n) is 4.61. The smallest absolute Gasteiger partial charge is 0.122 e. The zero-order chi connectivity index (χ0) is 9.52. The van der Waals surface area contributed by atoms with Gasteiger partial charge >= 0.3 is 0 Å². The molecule has 0 aromatic heterocycles. The summed E-state index contributed by atoms with van der Waals surface area (Å²) >= 11 is 0. The van der Waals surface area contributed by atoms with Crippen LogP contribution in [0, 0.1) is 0 Å². The second-order valence-electron chi connectivity index (χ2n) is 2.99. The fraction of sp³-hybridized carbons (Fsp3) is 0.333. The highest BCUT2D eigenvalue weighted by molar-refractivity contribution is 5.33. The van der Waals surface area contributed by atoms with Crippen LogP contribution in [0.4, 0.5) is 0 Å². The third kappa shape index (κ3) is 2.94. The molecule has 0 unspecified atom stereocenters. The van der Waals surface area contributed by atoms with E-state index in [1.165, 1.54) is 5.56 Å². The summed E-state index contributed by atoms with van der Waals surface area (Å²) in [6, 6.07) is 8.16. The zero-order valence-electron chi connectivity index (χ0n) is 8.12. The van der Waals surface area contributed by atoms with Crippen molar-refractivity contribution in [2.45, 2.75) is 19.3 Å². The monoisotopic (exact) mass is 176 g/mol. The first-order chi connectivity index (χ1) is 6.38. The maximum Gasteiger partial charge on any atom is 0.122 e. The molecule has 1 aromatic carbocycles. The molecule has 0 bridgehead atoms. The average molecular weight is 176 g/mol. The molecule has 0 radical (unpaired) electrons. The molecule has 0 aliphatic rings. The first-order valence-corrected chi connectivity index (χ1v) is 4.61. The van der Waals surface area contributed by atoms with Gasteiger partial charge in [-0.3, -0.25) is 0 Å². The molecule has 0 spiro atoms. The van der Waals surface area contributed by atoms with Gasteiger partial charge in [0, 0.05) is 0 Å². The van der Waals surface area contributed by atoms with Gasteiger partial charge in [0.05, 0.1) is 7.11 Å². The minimum absolute atomic E-state index is 0.992. The Morgan fingerprint density at radius 1 is 1.38 bits per heavy atom. The zero-order valence-corrected chi connectivity index (χ0v) is 8.12. The van der Waals surface area contributed by atoms with Crippen LogP contribution in [0.25, 0.3) is 0 Å². The average Bonchev–Trinajstić information content (AvgIpc) is 2.19. The fourth-order valence-electron chi connectivity index (χ4n) is 1.35. The summed E-state index contributed by atoms with van der Waals surface area (Å²) in [7, 11) is 1.71. The first kappa shape index (κ1) is 9.85. The quantitative estimate of drug-likeness (QED) is 0.494. The van der Waals surface area contributed by atoms with Gasteiger partial charge in [0.25, 0.3) is 0 Å². The van der Waals surface area contributed by atoms with Gasteiger partial charge in [0.2, 0.25) is 0 Å². The van der Waals surface area contributed by atoms with Gasteiger partial charge in [-0.15, -0.1) is 6.58 Å². The minimum atomic E-state index is 0.992. The summed E-state index contributed by atoms with van der Waals surface area (Å²) in [5, 5.41) is 0. The Kier molecular flexibility index (Phi) is 4.10. The Morgan fingerprint density at radius 3 is 2.85 bits per heavy atom. The van der Waals surface area contributed by atoms with Crippen molar-refractivity contribution in [2.75, 3.05) is 7.11 Å². The van der Waals surface area contributed by atoms with E-state index in [1.807, 2.05) is 24.3 Å². The Balaban J connectivity index is 2.58. The van der Waals surface area contributed by atoms with Crippen molar-refractivity contribution in [1.82, 2.24) is 0 Å². The number of methoxy groups -OCH3 is 1. The number of rotatable bonds is 5. The maximum absolute atomic E-state index is 5.25. The predicted octanol–water partition coefficient (Wildman–Crippen LogP) is 3.20. The number of hydrogen-bond acceptors (Lipinski definition) is 1. The predicted molar refractivity (Wildman–Crippen MR) is 56.1 cm³/mol. The molecule has 0 atom stereocenters. The van der Waals surface area contributed by atoms with Crippen LogP contribution in [-0.4, -0.2) is 7.11 Å². The molecular weight excluding hydrogens is 160 g/mol. The number of benzene rings is 1. The van der Waals surface area contributed by atoms with Crippen LogP contribution in [0.15, 0.2) is 36.9 Å². The molecule has 70 valence electrons. The molecule has 0 fully saturated rings. The van der Waals surface area contributed by atoms with Crippen molar-refractivity contribution >= 4 is 0 Å². The molecule has 0 aliphatic heterocycles.